The molecule has 5 heteroatoms. The van der Waals surface area contributed by atoms with E-state index < -0.39 is 0 Å². The van der Waals surface area contributed by atoms with E-state index in [0.717, 1.165) is 56.9 Å². The van der Waals surface area contributed by atoms with Crippen molar-refractivity contribution in [3.63, 3.8) is 0 Å². The summed E-state index contributed by atoms with van der Waals surface area (Å²) in [5, 5.41) is 11.3. The van der Waals surface area contributed by atoms with Gasteiger partial charge >= 0.3 is 0 Å². The summed E-state index contributed by atoms with van der Waals surface area (Å²) in [5.74, 6) is 0. The monoisotopic (exact) mass is 646 g/mol. The molecule has 0 fully saturated rings. The molecule has 0 saturated carbocycles. The quantitative estimate of drug-likeness (QED) is 0.166. The molecule has 240 valence electrons. The molecule has 0 saturated heterocycles. The van der Waals surface area contributed by atoms with Gasteiger partial charge in [0.15, 0.2) is 5.69 Å². The molecule has 5 nitrogen and oxygen atoms in total. The third-order valence-corrected chi connectivity index (χ3v) is 10.7. The third-order valence-electron chi connectivity index (χ3n) is 10.7. The summed E-state index contributed by atoms with van der Waals surface area (Å²) in [6.07, 6.45) is 0. The van der Waals surface area contributed by atoms with Gasteiger partial charge in [-0.05, 0) is 61.4 Å². The molecule has 0 spiro atoms. The van der Waals surface area contributed by atoms with Gasteiger partial charge in [-0.3, -0.25) is 0 Å². The molecule has 0 aliphatic carbocycles. The Morgan fingerprint density at radius 3 is 1.78 bits per heavy atom. The van der Waals surface area contributed by atoms with E-state index in [1.807, 2.05) is 0 Å². The first-order valence-electron chi connectivity index (χ1n) is 17.3. The highest BCUT2D eigenvalue weighted by molar-refractivity contribution is 6.04. The zero-order valence-electron chi connectivity index (χ0n) is 28.0. The second kappa shape index (κ2) is 10.6. The number of benzene rings is 7. The van der Waals surface area contributed by atoms with E-state index in [1.165, 1.54) is 28.1 Å². The highest BCUT2D eigenvalue weighted by Gasteiger charge is 2.46. The summed E-state index contributed by atoms with van der Waals surface area (Å²) in [7, 11) is 0. The Balaban J connectivity index is 1.28. The molecular formula is C45H36N5+. The van der Waals surface area contributed by atoms with Crippen LogP contribution in [0.2, 0.25) is 0 Å². The molecule has 0 atom stereocenters. The number of para-hydroxylation sites is 8. The van der Waals surface area contributed by atoms with Crippen molar-refractivity contribution in [1.82, 2.24) is 4.48 Å². The second-order valence-corrected chi connectivity index (χ2v) is 13.8. The van der Waals surface area contributed by atoms with Crippen LogP contribution in [-0.4, -0.2) is 0 Å². The van der Waals surface area contributed by atoms with E-state index in [0.29, 0.717) is 4.48 Å². The van der Waals surface area contributed by atoms with Crippen LogP contribution in [0.3, 0.4) is 0 Å². The normalized spacial score (nSPS) is 14.4. The molecule has 3 N–H and O–H groups in total. The lowest BCUT2D eigenvalue weighted by Crippen LogP contribution is -2.43. The molecule has 0 aromatic heterocycles. The average Bonchev–Trinajstić information content (AvgIpc) is 3.16. The van der Waals surface area contributed by atoms with E-state index >= 15 is 0 Å². The molecule has 7 aromatic rings. The van der Waals surface area contributed by atoms with Crippen LogP contribution < -0.4 is 25.3 Å². The second-order valence-electron chi connectivity index (χ2n) is 13.8. The number of quaternary nitrogens is 1. The fourth-order valence-corrected chi connectivity index (χ4v) is 8.54. The van der Waals surface area contributed by atoms with E-state index in [1.54, 1.807) is 0 Å². The predicted molar refractivity (Wildman–Crippen MR) is 210 cm³/mol. The number of nitrogens with one attached hydrogen (secondary N) is 3. The van der Waals surface area contributed by atoms with Crippen molar-refractivity contribution < 1.29 is 0 Å². The van der Waals surface area contributed by atoms with Gasteiger partial charge in [-0.1, -0.05) is 84.9 Å². The first-order valence-corrected chi connectivity index (χ1v) is 17.3. The topological polar surface area (TPSA) is 39.3 Å². The summed E-state index contributed by atoms with van der Waals surface area (Å²) in [4.78, 5) is 2.53. The number of rotatable bonds is 4. The standard InChI is InChI=1S/C45H36N5/c1-45(2)35-28-27-32(29-34(35)33-19-13-24-40-44(33)49(45)41-25-12-11-22-38(41)47-40)50(30-15-5-3-6-16-30,31-17-7-4-8-18-31)42-26-14-23-39-43(42)48-37-21-10-9-20-36(37)46-39/h3-29,46-48H,1-2H3/q+1. The van der Waals surface area contributed by atoms with E-state index in [4.69, 9.17) is 0 Å². The molecule has 0 amide bonds. The SMILES string of the molecule is CC1(C)c2ccc([N+](c3ccccc3)(c3ccccc3)c3cccc4c3Nc3ccccc3N4)cc2-c2cccc3c2N1c1ccccc1N3. The average molecular weight is 647 g/mol. The number of fused-ring (bicyclic) bond motifs is 6. The maximum atomic E-state index is 3.86. The van der Waals surface area contributed by atoms with E-state index in [9.17, 15) is 0 Å². The first kappa shape index (κ1) is 28.7. The molecule has 3 heterocycles. The fourth-order valence-electron chi connectivity index (χ4n) is 8.54. The molecule has 0 radical (unpaired) electrons. The van der Waals surface area contributed by atoms with Crippen molar-refractivity contribution in [2.24, 2.45) is 0 Å². The van der Waals surface area contributed by atoms with Gasteiger partial charge in [-0.2, -0.15) is 4.48 Å². The van der Waals surface area contributed by atoms with Crippen LogP contribution in [0.5, 0.6) is 0 Å². The number of hydrogen-bond acceptors (Lipinski definition) is 4. The van der Waals surface area contributed by atoms with Crippen LogP contribution in [0.15, 0.2) is 164 Å². The molecule has 3 aliphatic rings. The minimum atomic E-state index is -0.314. The lowest BCUT2D eigenvalue weighted by Gasteiger charge is -2.50. The Kier molecular flexibility index (Phi) is 6.08. The van der Waals surface area contributed by atoms with Gasteiger partial charge in [0.05, 0.1) is 45.4 Å². The molecular weight excluding hydrogens is 611 g/mol. The van der Waals surface area contributed by atoms with Gasteiger partial charge in [0.2, 0.25) is 0 Å². The third kappa shape index (κ3) is 3.92. The van der Waals surface area contributed by atoms with Crippen LogP contribution in [0.1, 0.15) is 19.4 Å². The van der Waals surface area contributed by atoms with Crippen molar-refractivity contribution in [1.29, 1.82) is 0 Å². The summed E-state index contributed by atoms with van der Waals surface area (Å²) in [6.45, 7) is 4.70. The minimum Gasteiger partial charge on any atom is -0.352 e. The van der Waals surface area contributed by atoms with Crippen LogP contribution in [0.25, 0.3) is 11.1 Å². The van der Waals surface area contributed by atoms with Crippen LogP contribution in [0.4, 0.5) is 68.2 Å². The van der Waals surface area contributed by atoms with Crippen LogP contribution in [-0.2, 0) is 5.54 Å². The Labute approximate surface area is 292 Å². The first-order chi connectivity index (χ1) is 24.5. The highest BCUT2D eigenvalue weighted by atomic mass is 15.4. The highest BCUT2D eigenvalue weighted by Crippen LogP contribution is 2.61. The number of nitrogens with zero attached hydrogens (tertiary/aromatic N) is 2. The Morgan fingerprint density at radius 2 is 1.04 bits per heavy atom. The fraction of sp³-hybridized carbons (Fsp3) is 0.0667. The zero-order valence-corrected chi connectivity index (χ0v) is 28.0. The van der Waals surface area contributed by atoms with E-state index in [-0.39, 0.29) is 5.54 Å². The van der Waals surface area contributed by atoms with Gasteiger partial charge in [-0.15, -0.1) is 0 Å². The lowest BCUT2D eigenvalue weighted by molar-refractivity contribution is 0.531. The molecule has 0 unspecified atom stereocenters. The van der Waals surface area contributed by atoms with Crippen LogP contribution >= 0.6 is 0 Å². The maximum absolute atomic E-state index is 3.86. The summed E-state index contributed by atoms with van der Waals surface area (Å²) < 4.78 is 0.384. The Morgan fingerprint density at radius 1 is 0.460 bits per heavy atom. The van der Waals surface area contributed by atoms with Crippen molar-refractivity contribution in [2.75, 3.05) is 20.9 Å². The summed E-state index contributed by atoms with van der Waals surface area (Å²) >= 11 is 0. The van der Waals surface area contributed by atoms with Crippen molar-refractivity contribution in [2.45, 2.75) is 19.4 Å². The predicted octanol–water partition coefficient (Wildman–Crippen LogP) is 12.9. The maximum Gasteiger partial charge on any atom is 0.174 e. The lowest BCUT2D eigenvalue weighted by atomic mass is 9.78. The smallest absolute Gasteiger partial charge is 0.174 e. The molecule has 7 aromatic carbocycles. The number of anilines is 8. The largest absolute Gasteiger partial charge is 0.352 e. The van der Waals surface area contributed by atoms with Gasteiger partial charge in [0, 0.05) is 48.0 Å². The Bertz CT molecular complexity index is 2410. The van der Waals surface area contributed by atoms with Crippen molar-refractivity contribution in [3.05, 3.63) is 169 Å². The van der Waals surface area contributed by atoms with Gasteiger partial charge in [-0.25, -0.2) is 0 Å². The van der Waals surface area contributed by atoms with Gasteiger partial charge < -0.3 is 20.9 Å². The van der Waals surface area contributed by atoms with Crippen molar-refractivity contribution >= 4 is 68.2 Å². The molecule has 10 rings (SSSR count). The summed E-state index contributed by atoms with van der Waals surface area (Å²) in [5.41, 5.74) is 16.9. The minimum absolute atomic E-state index is 0.314. The van der Waals surface area contributed by atoms with E-state index in [2.05, 4.69) is 198 Å². The van der Waals surface area contributed by atoms with Gasteiger partial charge in [0.25, 0.3) is 0 Å². The Hall–Kier alpha value is -6.30. The van der Waals surface area contributed by atoms with Gasteiger partial charge in [0.1, 0.15) is 22.7 Å². The molecule has 0 bridgehead atoms. The van der Waals surface area contributed by atoms with Crippen molar-refractivity contribution in [3.8, 4) is 11.1 Å². The zero-order chi connectivity index (χ0) is 33.5. The molecule has 3 aliphatic heterocycles. The number of hydrogen-bond donors (Lipinski definition) is 3. The summed E-state index contributed by atoms with van der Waals surface area (Å²) in [6, 6.07) is 59.4. The van der Waals surface area contributed by atoms with Crippen LogP contribution in [0, 0.1) is 0 Å². The molecule has 50 heavy (non-hydrogen) atoms.